The standard InChI is InChI=1S/C26H23N2O5P/c1-27-24(18-10-11-19-28-25(29)22-16-8-9-17-23(22)26(28)30)34(31,32-20-12-4-2-5-13-20)33-21-14-6-3-7-15-21/h2-9,12-17,24H,10-11,18-19H2. The second-order valence-electron chi connectivity index (χ2n) is 7.76. The molecule has 1 unspecified atom stereocenters. The molecule has 1 heterocycles. The second-order valence-corrected chi connectivity index (χ2v) is 9.80. The van der Waals surface area contributed by atoms with Gasteiger partial charge < -0.3 is 9.05 Å². The van der Waals surface area contributed by atoms with Crippen molar-refractivity contribution in [2.45, 2.75) is 25.0 Å². The van der Waals surface area contributed by atoms with Gasteiger partial charge in [-0.05, 0) is 49.2 Å². The van der Waals surface area contributed by atoms with E-state index in [2.05, 4.69) is 4.85 Å². The van der Waals surface area contributed by atoms with E-state index in [9.17, 15) is 14.2 Å². The summed E-state index contributed by atoms with van der Waals surface area (Å²) in [6.45, 7) is 7.90. The van der Waals surface area contributed by atoms with E-state index in [-0.39, 0.29) is 24.8 Å². The van der Waals surface area contributed by atoms with Crippen LogP contribution in [0.5, 0.6) is 11.5 Å². The molecule has 1 atom stereocenters. The first-order chi connectivity index (χ1) is 16.5. The van der Waals surface area contributed by atoms with Crippen LogP contribution in [0.1, 0.15) is 40.0 Å². The molecule has 0 radical (unpaired) electrons. The van der Waals surface area contributed by atoms with Gasteiger partial charge in [-0.3, -0.25) is 19.3 Å². The second kappa shape index (κ2) is 10.4. The molecule has 0 aliphatic carbocycles. The minimum absolute atomic E-state index is 0.223. The summed E-state index contributed by atoms with van der Waals surface area (Å²) in [6.07, 6.45) is 1.15. The van der Waals surface area contributed by atoms with Crippen molar-refractivity contribution >= 4 is 19.4 Å². The zero-order chi connectivity index (χ0) is 24.0. The lowest BCUT2D eigenvalue weighted by atomic mass is 10.1. The molecular weight excluding hydrogens is 451 g/mol. The van der Waals surface area contributed by atoms with Crippen molar-refractivity contribution in [3.8, 4) is 11.5 Å². The molecule has 0 saturated heterocycles. The number of imide groups is 1. The molecular formula is C26H23N2O5P. The predicted molar refractivity (Wildman–Crippen MR) is 128 cm³/mol. The van der Waals surface area contributed by atoms with Crippen molar-refractivity contribution in [3.63, 3.8) is 0 Å². The predicted octanol–water partition coefficient (Wildman–Crippen LogP) is 6.05. The molecule has 0 bridgehead atoms. The number of fused-ring (bicyclic) bond motifs is 1. The van der Waals surface area contributed by atoms with Gasteiger partial charge in [0, 0.05) is 13.0 Å². The normalized spacial score (nSPS) is 13.8. The first kappa shape index (κ1) is 23.3. The minimum atomic E-state index is -3.91. The molecule has 0 N–H and O–H groups in total. The summed E-state index contributed by atoms with van der Waals surface area (Å²) >= 11 is 0. The maximum atomic E-state index is 13.8. The van der Waals surface area contributed by atoms with Crippen molar-refractivity contribution in [2.75, 3.05) is 6.54 Å². The third-order valence-corrected chi connectivity index (χ3v) is 7.47. The molecule has 1 aliphatic heterocycles. The summed E-state index contributed by atoms with van der Waals surface area (Å²) in [5, 5.41) is 0. The largest absolute Gasteiger partial charge is 0.512 e. The van der Waals surface area contributed by atoms with E-state index in [1.807, 2.05) is 0 Å². The lowest BCUT2D eigenvalue weighted by Crippen LogP contribution is -2.30. The lowest BCUT2D eigenvalue weighted by Gasteiger charge is -2.21. The highest BCUT2D eigenvalue weighted by atomic mass is 31.2. The van der Waals surface area contributed by atoms with E-state index >= 15 is 0 Å². The number of amides is 2. The molecule has 8 heteroatoms. The maximum absolute atomic E-state index is 13.8. The number of carbonyl (C=O) groups excluding carboxylic acids is 2. The van der Waals surface area contributed by atoms with Gasteiger partial charge in [-0.15, -0.1) is 0 Å². The molecule has 3 aromatic rings. The number of hydrogen-bond acceptors (Lipinski definition) is 5. The number of para-hydroxylation sites is 2. The average molecular weight is 474 g/mol. The van der Waals surface area contributed by atoms with E-state index in [1.165, 1.54) is 4.90 Å². The molecule has 0 saturated carbocycles. The molecule has 0 aromatic heterocycles. The Morgan fingerprint density at radius 3 is 1.71 bits per heavy atom. The Labute approximate surface area is 198 Å². The Morgan fingerprint density at radius 1 is 0.765 bits per heavy atom. The van der Waals surface area contributed by atoms with Gasteiger partial charge in [0.25, 0.3) is 11.8 Å². The van der Waals surface area contributed by atoms with Gasteiger partial charge in [-0.2, -0.15) is 0 Å². The van der Waals surface area contributed by atoms with Crippen LogP contribution in [0, 0.1) is 6.57 Å². The monoisotopic (exact) mass is 474 g/mol. The van der Waals surface area contributed by atoms with Gasteiger partial charge in [-0.1, -0.05) is 48.5 Å². The lowest BCUT2D eigenvalue weighted by molar-refractivity contribution is 0.0651. The quantitative estimate of drug-likeness (QED) is 0.155. The molecule has 0 fully saturated rings. The van der Waals surface area contributed by atoms with Crippen molar-refractivity contribution in [2.24, 2.45) is 0 Å². The third kappa shape index (κ3) is 5.03. The van der Waals surface area contributed by atoms with Crippen LogP contribution < -0.4 is 9.05 Å². The highest BCUT2D eigenvalue weighted by Crippen LogP contribution is 2.55. The molecule has 34 heavy (non-hydrogen) atoms. The molecule has 1 aliphatic rings. The number of nitrogens with zero attached hydrogens (tertiary/aromatic N) is 2. The van der Waals surface area contributed by atoms with Crippen LogP contribution in [0.15, 0.2) is 84.9 Å². The topological polar surface area (TPSA) is 77.3 Å². The third-order valence-electron chi connectivity index (χ3n) is 5.44. The Balaban J connectivity index is 1.42. The number of carbonyl (C=O) groups is 2. The average Bonchev–Trinajstić information content (AvgIpc) is 3.10. The Bertz CT molecular complexity index is 1180. The van der Waals surface area contributed by atoms with Crippen LogP contribution in [-0.4, -0.2) is 29.0 Å². The van der Waals surface area contributed by atoms with Crippen LogP contribution in [0.25, 0.3) is 4.85 Å². The summed E-state index contributed by atoms with van der Waals surface area (Å²) in [7, 11) is -3.91. The van der Waals surface area contributed by atoms with Gasteiger partial charge in [0.15, 0.2) is 0 Å². The van der Waals surface area contributed by atoms with Gasteiger partial charge in [0.2, 0.25) is 0 Å². The van der Waals surface area contributed by atoms with Crippen LogP contribution in [0.3, 0.4) is 0 Å². The van der Waals surface area contributed by atoms with Crippen molar-refractivity contribution in [3.05, 3.63) is 107 Å². The first-order valence-electron chi connectivity index (χ1n) is 10.9. The van der Waals surface area contributed by atoms with Crippen LogP contribution in [0.2, 0.25) is 0 Å². The number of benzene rings is 3. The molecule has 0 spiro atoms. The smallest absolute Gasteiger partial charge is 0.411 e. The fraction of sp³-hybridized carbons (Fsp3) is 0.192. The molecule has 7 nitrogen and oxygen atoms in total. The SMILES string of the molecule is [C-]#[N+]C(CCCCN1C(=O)c2ccccc2C1=O)P(=O)(Oc1ccccc1)Oc1ccccc1. The van der Waals surface area contributed by atoms with E-state index in [1.54, 1.807) is 84.9 Å². The van der Waals surface area contributed by atoms with Gasteiger partial charge >= 0.3 is 13.4 Å². The van der Waals surface area contributed by atoms with E-state index in [0.29, 0.717) is 35.5 Å². The van der Waals surface area contributed by atoms with Crippen LogP contribution in [-0.2, 0) is 4.57 Å². The van der Waals surface area contributed by atoms with Gasteiger partial charge in [0.1, 0.15) is 11.5 Å². The van der Waals surface area contributed by atoms with Gasteiger partial charge in [0.05, 0.1) is 11.1 Å². The zero-order valence-corrected chi connectivity index (χ0v) is 19.3. The zero-order valence-electron chi connectivity index (χ0n) is 18.4. The van der Waals surface area contributed by atoms with Crippen molar-refractivity contribution in [1.82, 2.24) is 4.90 Å². The fourth-order valence-electron chi connectivity index (χ4n) is 3.73. The number of hydrogen-bond donors (Lipinski definition) is 0. The Hall–Kier alpha value is -3.88. The molecule has 3 aromatic carbocycles. The van der Waals surface area contributed by atoms with Crippen molar-refractivity contribution < 1.29 is 23.2 Å². The summed E-state index contributed by atoms with van der Waals surface area (Å²) in [4.78, 5) is 29.9. The molecule has 2 amide bonds. The fourth-order valence-corrected chi connectivity index (χ4v) is 5.48. The van der Waals surface area contributed by atoms with Crippen molar-refractivity contribution in [1.29, 1.82) is 0 Å². The van der Waals surface area contributed by atoms with E-state index in [4.69, 9.17) is 15.6 Å². The molecule has 4 rings (SSSR count). The Morgan fingerprint density at radius 2 is 1.24 bits per heavy atom. The number of rotatable bonds is 10. The highest BCUT2D eigenvalue weighted by molar-refractivity contribution is 7.55. The first-order valence-corrected chi connectivity index (χ1v) is 12.5. The summed E-state index contributed by atoms with van der Waals surface area (Å²) in [5.74, 6) is -0.974. The highest BCUT2D eigenvalue weighted by Gasteiger charge is 2.45. The van der Waals surface area contributed by atoms with Crippen LogP contribution in [0.4, 0.5) is 0 Å². The van der Waals surface area contributed by atoms with Gasteiger partial charge in [-0.25, -0.2) is 11.1 Å². The maximum Gasteiger partial charge on any atom is 0.512 e. The van der Waals surface area contributed by atoms with E-state index in [0.717, 1.165) is 0 Å². The van der Waals surface area contributed by atoms with E-state index < -0.39 is 13.4 Å². The summed E-state index contributed by atoms with van der Waals surface area (Å²) < 4.78 is 25.3. The molecule has 172 valence electrons. The van der Waals surface area contributed by atoms with Crippen LogP contribution >= 0.6 is 7.60 Å². The summed E-state index contributed by atoms with van der Waals surface area (Å²) in [6, 6.07) is 24.0. The summed E-state index contributed by atoms with van der Waals surface area (Å²) in [5.41, 5.74) is 0.812. The Kier molecular flexibility index (Phi) is 7.10. The number of unbranched alkanes of at least 4 members (excludes halogenated alkanes) is 1. The minimum Gasteiger partial charge on any atom is -0.411 e.